The Balaban J connectivity index is 2.88. The first-order valence-corrected chi connectivity index (χ1v) is 6.41. The Labute approximate surface area is 114 Å². The van der Waals surface area contributed by atoms with Crippen LogP contribution in [0.1, 0.15) is 18.9 Å². The highest BCUT2D eigenvalue weighted by Crippen LogP contribution is 2.29. The number of carbonyl (C=O) groups is 1. The molecule has 0 aliphatic carbocycles. The minimum Gasteiger partial charge on any atom is -0.492 e. The van der Waals surface area contributed by atoms with Gasteiger partial charge in [0.25, 0.3) is 0 Å². The molecule has 0 atom stereocenters. The molecule has 0 radical (unpaired) electrons. The second-order valence-electron chi connectivity index (χ2n) is 4.33. The number of benzene rings is 1. The number of hydrogen-bond donors (Lipinski definition) is 2. The van der Waals surface area contributed by atoms with Crippen LogP contribution in [0.25, 0.3) is 0 Å². The number of aliphatic carboxylic acids is 1. The van der Waals surface area contributed by atoms with Gasteiger partial charge in [-0.15, -0.1) is 0 Å². The lowest BCUT2D eigenvalue weighted by atomic mass is 10.1. The van der Waals surface area contributed by atoms with Crippen molar-refractivity contribution in [2.24, 2.45) is 0 Å². The van der Waals surface area contributed by atoms with E-state index in [9.17, 15) is 4.79 Å². The molecule has 1 aromatic carbocycles. The Morgan fingerprint density at radius 2 is 2.21 bits per heavy atom. The zero-order chi connectivity index (χ0) is 14.3. The third kappa shape index (κ3) is 4.79. The Morgan fingerprint density at radius 1 is 1.47 bits per heavy atom. The quantitative estimate of drug-likeness (QED) is 0.750. The third-order valence-electron chi connectivity index (χ3n) is 2.78. The van der Waals surface area contributed by atoms with Crippen molar-refractivity contribution in [2.75, 3.05) is 32.1 Å². The fourth-order valence-electron chi connectivity index (χ4n) is 1.84. The highest BCUT2D eigenvalue weighted by Gasteiger charge is 2.10. The van der Waals surface area contributed by atoms with Gasteiger partial charge in [-0.1, -0.05) is 6.07 Å². The first kappa shape index (κ1) is 15.3. The summed E-state index contributed by atoms with van der Waals surface area (Å²) in [5, 5.41) is 11.8. The standard InChI is InChI=1S/C14H22N2O3/c1-4-19-13-9-11(10-15-2)5-6-12(13)16(3)8-7-14(17)18/h5-6,9,15H,4,7-8,10H2,1-3H3,(H,17,18). The lowest BCUT2D eigenvalue weighted by Crippen LogP contribution is -2.22. The van der Waals surface area contributed by atoms with Crippen LogP contribution in [0.5, 0.6) is 5.75 Å². The summed E-state index contributed by atoms with van der Waals surface area (Å²) in [6, 6.07) is 5.98. The number of nitrogens with zero attached hydrogens (tertiary/aromatic N) is 1. The fourth-order valence-corrected chi connectivity index (χ4v) is 1.84. The highest BCUT2D eigenvalue weighted by atomic mass is 16.5. The maximum Gasteiger partial charge on any atom is 0.305 e. The molecule has 5 nitrogen and oxygen atoms in total. The van der Waals surface area contributed by atoms with Crippen molar-refractivity contribution in [1.29, 1.82) is 0 Å². The molecule has 1 rings (SSSR count). The molecule has 0 bridgehead atoms. The summed E-state index contributed by atoms with van der Waals surface area (Å²) >= 11 is 0. The van der Waals surface area contributed by atoms with E-state index in [1.807, 2.05) is 44.1 Å². The van der Waals surface area contributed by atoms with Crippen LogP contribution in [-0.2, 0) is 11.3 Å². The molecule has 2 N–H and O–H groups in total. The Morgan fingerprint density at radius 3 is 2.79 bits per heavy atom. The maximum atomic E-state index is 10.6. The summed E-state index contributed by atoms with van der Waals surface area (Å²) in [4.78, 5) is 12.5. The molecule has 0 aliphatic heterocycles. The van der Waals surface area contributed by atoms with Crippen molar-refractivity contribution >= 4 is 11.7 Å². The van der Waals surface area contributed by atoms with Crippen LogP contribution in [0.3, 0.4) is 0 Å². The largest absolute Gasteiger partial charge is 0.492 e. The smallest absolute Gasteiger partial charge is 0.305 e. The van der Waals surface area contributed by atoms with Crippen LogP contribution < -0.4 is 15.0 Å². The summed E-state index contributed by atoms with van der Waals surface area (Å²) in [6.45, 7) is 3.76. The van der Waals surface area contributed by atoms with Crippen molar-refractivity contribution in [2.45, 2.75) is 19.9 Å². The Hall–Kier alpha value is -1.75. The number of hydrogen-bond acceptors (Lipinski definition) is 4. The predicted molar refractivity (Wildman–Crippen MR) is 75.9 cm³/mol. The zero-order valence-corrected chi connectivity index (χ0v) is 11.8. The van der Waals surface area contributed by atoms with Gasteiger partial charge >= 0.3 is 5.97 Å². The molecular weight excluding hydrogens is 244 g/mol. The lowest BCUT2D eigenvalue weighted by Gasteiger charge is -2.22. The van der Waals surface area contributed by atoms with Crippen LogP contribution in [0, 0.1) is 0 Å². The number of carboxylic acids is 1. The molecule has 0 spiro atoms. The first-order chi connectivity index (χ1) is 9.08. The second kappa shape index (κ2) is 7.63. The number of ether oxygens (including phenoxy) is 1. The van der Waals surface area contributed by atoms with Gasteiger partial charge < -0.3 is 20.1 Å². The minimum atomic E-state index is -0.795. The van der Waals surface area contributed by atoms with Crippen molar-refractivity contribution < 1.29 is 14.6 Å². The number of rotatable bonds is 8. The second-order valence-corrected chi connectivity index (χ2v) is 4.33. The van der Waals surface area contributed by atoms with E-state index in [1.54, 1.807) is 0 Å². The summed E-state index contributed by atoms with van der Waals surface area (Å²) in [5.41, 5.74) is 2.06. The molecule has 0 aliphatic rings. The van der Waals surface area contributed by atoms with E-state index in [2.05, 4.69) is 5.32 Å². The normalized spacial score (nSPS) is 10.3. The van der Waals surface area contributed by atoms with E-state index in [4.69, 9.17) is 9.84 Å². The molecule has 0 aromatic heterocycles. The molecule has 0 fully saturated rings. The Kier molecular flexibility index (Phi) is 6.15. The van der Waals surface area contributed by atoms with Gasteiger partial charge in [-0.25, -0.2) is 0 Å². The van der Waals surface area contributed by atoms with Crippen molar-refractivity contribution in [3.05, 3.63) is 23.8 Å². The van der Waals surface area contributed by atoms with E-state index < -0.39 is 5.97 Å². The molecule has 106 valence electrons. The van der Waals surface area contributed by atoms with E-state index in [-0.39, 0.29) is 6.42 Å². The average molecular weight is 266 g/mol. The Bertz CT molecular complexity index is 421. The van der Waals surface area contributed by atoms with Gasteiger partial charge in [0.05, 0.1) is 18.7 Å². The van der Waals surface area contributed by atoms with Crippen LogP contribution in [0.15, 0.2) is 18.2 Å². The zero-order valence-electron chi connectivity index (χ0n) is 11.8. The maximum absolute atomic E-state index is 10.6. The molecule has 0 saturated carbocycles. The number of carboxylic acid groups (broad SMARTS) is 1. The molecular formula is C14H22N2O3. The van der Waals surface area contributed by atoms with E-state index in [1.165, 1.54) is 0 Å². The summed E-state index contributed by atoms with van der Waals surface area (Å²) in [7, 11) is 3.77. The van der Waals surface area contributed by atoms with E-state index >= 15 is 0 Å². The van der Waals surface area contributed by atoms with Gasteiger partial charge in [0.2, 0.25) is 0 Å². The van der Waals surface area contributed by atoms with Gasteiger partial charge in [0.15, 0.2) is 0 Å². The topological polar surface area (TPSA) is 61.8 Å². The molecule has 0 heterocycles. The van der Waals surface area contributed by atoms with Crippen LogP contribution in [0.2, 0.25) is 0 Å². The number of anilines is 1. The van der Waals surface area contributed by atoms with Gasteiger partial charge in [-0.05, 0) is 31.7 Å². The summed E-state index contributed by atoms with van der Waals surface area (Å²) in [5.74, 6) is -0.000230. The van der Waals surface area contributed by atoms with E-state index in [0.29, 0.717) is 13.2 Å². The minimum absolute atomic E-state index is 0.111. The molecule has 19 heavy (non-hydrogen) atoms. The van der Waals surface area contributed by atoms with Gasteiger partial charge in [-0.3, -0.25) is 4.79 Å². The van der Waals surface area contributed by atoms with Crippen LogP contribution in [-0.4, -0.2) is 38.3 Å². The molecule has 0 amide bonds. The first-order valence-electron chi connectivity index (χ1n) is 6.41. The van der Waals surface area contributed by atoms with Gasteiger partial charge in [0, 0.05) is 20.1 Å². The molecule has 0 unspecified atom stereocenters. The predicted octanol–water partition coefficient (Wildman–Crippen LogP) is 1.72. The SMILES string of the molecule is CCOc1cc(CNC)ccc1N(C)CCC(=O)O. The van der Waals surface area contributed by atoms with E-state index in [0.717, 1.165) is 23.5 Å². The highest BCUT2D eigenvalue weighted by molar-refractivity contribution is 5.68. The van der Waals surface area contributed by atoms with Gasteiger partial charge in [-0.2, -0.15) is 0 Å². The average Bonchev–Trinajstić information content (AvgIpc) is 2.37. The van der Waals surface area contributed by atoms with Crippen molar-refractivity contribution in [3.63, 3.8) is 0 Å². The molecule has 0 saturated heterocycles. The summed E-state index contributed by atoms with van der Waals surface area (Å²) < 4.78 is 5.64. The van der Waals surface area contributed by atoms with Crippen LogP contribution in [0.4, 0.5) is 5.69 Å². The molecule has 1 aromatic rings. The number of nitrogens with one attached hydrogen (secondary N) is 1. The van der Waals surface area contributed by atoms with Gasteiger partial charge in [0.1, 0.15) is 5.75 Å². The monoisotopic (exact) mass is 266 g/mol. The van der Waals surface area contributed by atoms with Crippen molar-refractivity contribution in [1.82, 2.24) is 5.32 Å². The van der Waals surface area contributed by atoms with Crippen LogP contribution >= 0.6 is 0 Å². The summed E-state index contributed by atoms with van der Waals surface area (Å²) in [6.07, 6.45) is 0.111. The third-order valence-corrected chi connectivity index (χ3v) is 2.78. The van der Waals surface area contributed by atoms with Crippen molar-refractivity contribution in [3.8, 4) is 5.75 Å². The lowest BCUT2D eigenvalue weighted by molar-refractivity contribution is -0.136. The molecule has 5 heteroatoms. The fraction of sp³-hybridized carbons (Fsp3) is 0.500.